The highest BCUT2D eigenvalue weighted by Gasteiger charge is 2.33. The van der Waals surface area contributed by atoms with Crippen molar-refractivity contribution < 1.29 is 9.53 Å². The van der Waals surface area contributed by atoms with Crippen LogP contribution < -0.4 is 5.73 Å². The molecule has 0 heterocycles. The van der Waals surface area contributed by atoms with Gasteiger partial charge in [-0.3, -0.25) is 4.79 Å². The first-order chi connectivity index (χ1) is 7.06. The number of esters is 1. The van der Waals surface area contributed by atoms with E-state index < -0.39 is 0 Å². The molecule has 15 heavy (non-hydrogen) atoms. The summed E-state index contributed by atoms with van der Waals surface area (Å²) >= 11 is 0. The van der Waals surface area contributed by atoms with Crippen LogP contribution in [0.5, 0.6) is 0 Å². The Morgan fingerprint density at radius 3 is 2.53 bits per heavy atom. The number of nitrogens with two attached hydrogens (primary N) is 1. The van der Waals surface area contributed by atoms with Crippen molar-refractivity contribution in [1.29, 1.82) is 0 Å². The second kappa shape index (κ2) is 5.50. The summed E-state index contributed by atoms with van der Waals surface area (Å²) in [6.45, 7) is 4.26. The van der Waals surface area contributed by atoms with Crippen molar-refractivity contribution in [2.75, 3.05) is 6.61 Å². The van der Waals surface area contributed by atoms with E-state index in [1.54, 1.807) is 0 Å². The molecule has 3 heteroatoms. The Morgan fingerprint density at radius 1 is 1.40 bits per heavy atom. The zero-order valence-electron chi connectivity index (χ0n) is 9.92. The zero-order valence-corrected chi connectivity index (χ0v) is 9.92. The second-order valence-electron chi connectivity index (χ2n) is 4.82. The molecule has 1 unspecified atom stereocenters. The van der Waals surface area contributed by atoms with Crippen molar-refractivity contribution in [3.05, 3.63) is 0 Å². The van der Waals surface area contributed by atoms with E-state index in [9.17, 15) is 4.79 Å². The molecule has 0 radical (unpaired) electrons. The Balaban J connectivity index is 2.45. The zero-order chi connectivity index (χ0) is 11.3. The lowest BCUT2D eigenvalue weighted by Crippen LogP contribution is -2.47. The summed E-state index contributed by atoms with van der Waals surface area (Å²) < 4.78 is 4.95. The monoisotopic (exact) mass is 213 g/mol. The van der Waals surface area contributed by atoms with Gasteiger partial charge >= 0.3 is 5.97 Å². The topological polar surface area (TPSA) is 52.3 Å². The maximum atomic E-state index is 11.4. The number of ether oxygens (including phenoxy) is 1. The molecule has 0 aromatic carbocycles. The molecule has 3 nitrogen and oxygen atoms in total. The van der Waals surface area contributed by atoms with Gasteiger partial charge in [-0.25, -0.2) is 0 Å². The van der Waals surface area contributed by atoms with Crippen molar-refractivity contribution in [3.63, 3.8) is 0 Å². The van der Waals surface area contributed by atoms with Gasteiger partial charge in [-0.15, -0.1) is 0 Å². The lowest BCUT2D eigenvalue weighted by Gasteiger charge is -2.36. The molecular formula is C12H23NO2. The van der Waals surface area contributed by atoms with Gasteiger partial charge in [0.05, 0.1) is 13.0 Å². The summed E-state index contributed by atoms with van der Waals surface area (Å²) in [5.41, 5.74) is 5.84. The molecule has 0 aromatic rings. The number of rotatable bonds is 4. The fourth-order valence-electron chi connectivity index (χ4n) is 2.43. The first kappa shape index (κ1) is 12.5. The van der Waals surface area contributed by atoms with E-state index >= 15 is 0 Å². The lowest BCUT2D eigenvalue weighted by atomic mass is 9.74. The number of carbonyl (C=O) groups excluding carboxylic acids is 1. The predicted octanol–water partition coefficient (Wildman–Crippen LogP) is 2.24. The van der Waals surface area contributed by atoms with Gasteiger partial charge in [-0.2, -0.15) is 0 Å². The van der Waals surface area contributed by atoms with Crippen molar-refractivity contribution in [3.8, 4) is 0 Å². The first-order valence-corrected chi connectivity index (χ1v) is 6.00. The van der Waals surface area contributed by atoms with Gasteiger partial charge < -0.3 is 10.5 Å². The Morgan fingerprint density at radius 2 is 2.00 bits per heavy atom. The minimum absolute atomic E-state index is 0.159. The summed E-state index contributed by atoms with van der Waals surface area (Å²) in [6, 6.07) is 0. The molecule has 1 aliphatic carbocycles. The third-order valence-electron chi connectivity index (χ3n) is 3.37. The van der Waals surface area contributed by atoms with E-state index in [4.69, 9.17) is 10.5 Å². The van der Waals surface area contributed by atoms with Gasteiger partial charge in [0.15, 0.2) is 0 Å². The van der Waals surface area contributed by atoms with Crippen LogP contribution in [0.4, 0.5) is 0 Å². The van der Waals surface area contributed by atoms with Crippen molar-refractivity contribution in [2.24, 2.45) is 11.7 Å². The molecular weight excluding hydrogens is 190 g/mol. The van der Waals surface area contributed by atoms with Gasteiger partial charge in [0.2, 0.25) is 0 Å². The summed E-state index contributed by atoms with van der Waals surface area (Å²) in [5.74, 6) is 0.323. The van der Waals surface area contributed by atoms with Gasteiger partial charge in [-0.1, -0.05) is 19.3 Å². The summed E-state index contributed by atoms with van der Waals surface area (Å²) in [4.78, 5) is 11.4. The third kappa shape index (κ3) is 3.82. The largest absolute Gasteiger partial charge is 0.466 e. The SMILES string of the molecule is CCOC(=O)CC(C)(N)C1CCCCC1. The normalized spacial score (nSPS) is 22.1. The number of carbonyl (C=O) groups is 1. The van der Waals surface area contributed by atoms with Crippen LogP contribution in [-0.2, 0) is 9.53 Å². The van der Waals surface area contributed by atoms with Crippen LogP contribution in [0.1, 0.15) is 52.4 Å². The van der Waals surface area contributed by atoms with Gasteiger partial charge in [0, 0.05) is 5.54 Å². The van der Waals surface area contributed by atoms with Crippen LogP contribution in [0, 0.1) is 5.92 Å². The smallest absolute Gasteiger partial charge is 0.307 e. The molecule has 2 N–H and O–H groups in total. The van der Waals surface area contributed by atoms with Crippen LogP contribution in [0.25, 0.3) is 0 Å². The van der Waals surface area contributed by atoms with Crippen molar-refractivity contribution in [2.45, 2.75) is 57.9 Å². The summed E-state index contributed by atoms with van der Waals surface area (Å²) in [5, 5.41) is 0. The highest BCUT2D eigenvalue weighted by molar-refractivity contribution is 5.70. The van der Waals surface area contributed by atoms with E-state index in [0.717, 1.165) is 12.8 Å². The fourth-order valence-corrected chi connectivity index (χ4v) is 2.43. The van der Waals surface area contributed by atoms with Gasteiger partial charge in [-0.05, 0) is 32.6 Å². The highest BCUT2D eigenvalue weighted by Crippen LogP contribution is 2.33. The van der Waals surface area contributed by atoms with E-state index in [0.29, 0.717) is 18.9 Å². The molecule has 0 amide bonds. The average molecular weight is 213 g/mol. The molecule has 1 saturated carbocycles. The third-order valence-corrected chi connectivity index (χ3v) is 3.37. The Labute approximate surface area is 92.4 Å². The molecule has 0 aromatic heterocycles. The number of hydrogen-bond acceptors (Lipinski definition) is 3. The van der Waals surface area contributed by atoms with E-state index in [2.05, 4.69) is 0 Å². The van der Waals surface area contributed by atoms with Crippen molar-refractivity contribution >= 4 is 5.97 Å². The standard InChI is InChI=1S/C12H23NO2/c1-3-15-11(14)9-12(2,13)10-7-5-4-6-8-10/h10H,3-9,13H2,1-2H3. The lowest BCUT2D eigenvalue weighted by molar-refractivity contribution is -0.145. The van der Waals surface area contributed by atoms with E-state index in [-0.39, 0.29) is 11.5 Å². The molecule has 88 valence electrons. The van der Waals surface area contributed by atoms with Gasteiger partial charge in [0.25, 0.3) is 0 Å². The molecule has 0 bridgehead atoms. The number of hydrogen-bond donors (Lipinski definition) is 1. The molecule has 0 spiro atoms. The molecule has 1 fully saturated rings. The Kier molecular flexibility index (Phi) is 4.58. The molecule has 1 rings (SSSR count). The summed E-state index contributed by atoms with van der Waals surface area (Å²) in [7, 11) is 0. The van der Waals surface area contributed by atoms with E-state index in [1.165, 1.54) is 19.3 Å². The van der Waals surface area contributed by atoms with Crippen LogP contribution in [0.2, 0.25) is 0 Å². The average Bonchev–Trinajstić information content (AvgIpc) is 2.18. The van der Waals surface area contributed by atoms with Crippen LogP contribution >= 0.6 is 0 Å². The maximum absolute atomic E-state index is 11.4. The second-order valence-corrected chi connectivity index (χ2v) is 4.82. The molecule has 1 atom stereocenters. The Hall–Kier alpha value is -0.570. The maximum Gasteiger partial charge on any atom is 0.307 e. The molecule has 0 aliphatic heterocycles. The quantitative estimate of drug-likeness (QED) is 0.729. The Bertz CT molecular complexity index is 208. The minimum atomic E-state index is -0.382. The molecule has 0 saturated heterocycles. The summed E-state index contributed by atoms with van der Waals surface area (Å²) in [6.07, 6.45) is 6.48. The highest BCUT2D eigenvalue weighted by atomic mass is 16.5. The van der Waals surface area contributed by atoms with Gasteiger partial charge in [0.1, 0.15) is 0 Å². The fraction of sp³-hybridized carbons (Fsp3) is 0.917. The molecule has 1 aliphatic rings. The van der Waals surface area contributed by atoms with Crippen LogP contribution in [0.15, 0.2) is 0 Å². The predicted molar refractivity (Wildman–Crippen MR) is 60.4 cm³/mol. The van der Waals surface area contributed by atoms with Crippen LogP contribution in [0.3, 0.4) is 0 Å². The van der Waals surface area contributed by atoms with Crippen molar-refractivity contribution in [1.82, 2.24) is 0 Å². The first-order valence-electron chi connectivity index (χ1n) is 6.00. The van der Waals surface area contributed by atoms with Crippen LogP contribution in [-0.4, -0.2) is 18.1 Å². The minimum Gasteiger partial charge on any atom is -0.466 e. The van der Waals surface area contributed by atoms with E-state index in [1.807, 2.05) is 13.8 Å².